The van der Waals surface area contributed by atoms with E-state index in [0.29, 0.717) is 23.9 Å². The molecule has 0 amide bonds. The minimum absolute atomic E-state index is 0.103. The molecule has 9 heteroatoms. The van der Waals surface area contributed by atoms with Crippen LogP contribution < -0.4 is 11.5 Å². The van der Waals surface area contributed by atoms with Gasteiger partial charge < -0.3 is 20.9 Å². The van der Waals surface area contributed by atoms with Crippen LogP contribution in [0.25, 0.3) is 0 Å². The zero-order chi connectivity index (χ0) is 18.8. The first-order valence-corrected chi connectivity index (χ1v) is 7.74. The van der Waals surface area contributed by atoms with Crippen molar-refractivity contribution >= 4 is 34.9 Å². The third kappa shape index (κ3) is 6.27. The molecule has 0 bridgehead atoms. The maximum atomic E-state index is 11.2. The van der Waals surface area contributed by atoms with Crippen LogP contribution >= 0.6 is 11.6 Å². The molecule has 25 heavy (non-hydrogen) atoms. The SMILES string of the molecule is CCOC(=O)c1ncc(Cl)cc1N.CCOC(=O)c1ncccc1N. The molecule has 2 aromatic heterocycles. The monoisotopic (exact) mass is 366 g/mol. The zero-order valence-corrected chi connectivity index (χ0v) is 14.6. The van der Waals surface area contributed by atoms with Gasteiger partial charge in [-0.3, -0.25) is 0 Å². The molecule has 2 aromatic rings. The van der Waals surface area contributed by atoms with Crippen molar-refractivity contribution in [2.24, 2.45) is 0 Å². The van der Waals surface area contributed by atoms with E-state index in [2.05, 4.69) is 9.97 Å². The van der Waals surface area contributed by atoms with Gasteiger partial charge in [-0.25, -0.2) is 19.6 Å². The summed E-state index contributed by atoms with van der Waals surface area (Å²) in [6, 6.07) is 4.73. The second kappa shape index (κ2) is 10.1. The van der Waals surface area contributed by atoms with Gasteiger partial charge in [-0.1, -0.05) is 11.6 Å². The van der Waals surface area contributed by atoms with Gasteiger partial charge in [-0.2, -0.15) is 0 Å². The van der Waals surface area contributed by atoms with Gasteiger partial charge in [0.2, 0.25) is 0 Å². The Morgan fingerprint density at radius 1 is 1.04 bits per heavy atom. The number of hydrogen-bond donors (Lipinski definition) is 2. The summed E-state index contributed by atoms with van der Waals surface area (Å²) in [6.07, 6.45) is 2.85. The number of aromatic nitrogens is 2. The molecule has 134 valence electrons. The normalized spacial score (nSPS) is 9.56. The quantitative estimate of drug-likeness (QED) is 0.788. The molecule has 0 fully saturated rings. The van der Waals surface area contributed by atoms with E-state index in [1.54, 1.807) is 26.0 Å². The van der Waals surface area contributed by atoms with Crippen LogP contribution in [0.5, 0.6) is 0 Å². The van der Waals surface area contributed by atoms with E-state index in [4.69, 9.17) is 32.5 Å². The summed E-state index contributed by atoms with van der Waals surface area (Å²) in [5, 5.41) is 0.394. The van der Waals surface area contributed by atoms with Gasteiger partial charge >= 0.3 is 11.9 Å². The van der Waals surface area contributed by atoms with Gasteiger partial charge in [0.1, 0.15) is 0 Å². The third-order valence-corrected chi connectivity index (χ3v) is 2.87. The molecular weight excluding hydrogens is 348 g/mol. The topological polar surface area (TPSA) is 130 Å². The molecule has 0 aliphatic rings. The number of ether oxygens (including phenoxy) is 2. The Morgan fingerprint density at radius 3 is 2.08 bits per heavy atom. The van der Waals surface area contributed by atoms with Crippen molar-refractivity contribution in [3.8, 4) is 0 Å². The van der Waals surface area contributed by atoms with Crippen molar-refractivity contribution in [3.63, 3.8) is 0 Å². The first-order valence-electron chi connectivity index (χ1n) is 7.36. The predicted molar refractivity (Wildman–Crippen MR) is 94.2 cm³/mol. The Morgan fingerprint density at radius 2 is 1.60 bits per heavy atom. The first kappa shape index (κ1) is 20.2. The molecule has 0 saturated carbocycles. The Bertz CT molecular complexity index is 740. The molecule has 4 N–H and O–H groups in total. The van der Waals surface area contributed by atoms with Gasteiger partial charge in [-0.05, 0) is 32.0 Å². The molecular formula is C16H19ClN4O4. The summed E-state index contributed by atoms with van der Waals surface area (Å²) in [4.78, 5) is 29.8. The van der Waals surface area contributed by atoms with Crippen LogP contribution in [-0.4, -0.2) is 35.1 Å². The maximum absolute atomic E-state index is 11.2. The summed E-state index contributed by atoms with van der Waals surface area (Å²) < 4.78 is 9.45. The smallest absolute Gasteiger partial charge is 0.359 e. The van der Waals surface area contributed by atoms with E-state index in [0.717, 1.165) is 0 Å². The average molecular weight is 367 g/mol. The van der Waals surface area contributed by atoms with Gasteiger partial charge in [0.15, 0.2) is 11.4 Å². The Hall–Kier alpha value is -2.87. The highest BCUT2D eigenvalue weighted by molar-refractivity contribution is 6.30. The number of carbonyl (C=O) groups excluding carboxylic acids is 2. The number of nitrogens with two attached hydrogens (primary N) is 2. The lowest BCUT2D eigenvalue weighted by Gasteiger charge is -2.03. The molecule has 0 aliphatic heterocycles. The Kier molecular flexibility index (Phi) is 8.14. The van der Waals surface area contributed by atoms with Crippen molar-refractivity contribution in [2.45, 2.75) is 13.8 Å². The molecule has 8 nitrogen and oxygen atoms in total. The highest BCUT2D eigenvalue weighted by Crippen LogP contribution is 2.15. The first-order chi connectivity index (χ1) is 11.9. The second-order valence-electron chi connectivity index (χ2n) is 4.47. The van der Waals surface area contributed by atoms with Gasteiger partial charge in [0.25, 0.3) is 0 Å². The lowest BCUT2D eigenvalue weighted by molar-refractivity contribution is 0.0511. The lowest BCUT2D eigenvalue weighted by atomic mass is 10.3. The predicted octanol–water partition coefficient (Wildman–Crippen LogP) is 2.33. The maximum Gasteiger partial charge on any atom is 0.359 e. The molecule has 0 aliphatic carbocycles. The standard InChI is InChI=1S/C8H9ClN2O2.C8H10N2O2/c1-2-13-8(12)7-6(10)3-5(9)4-11-7;1-2-12-8(11)7-6(9)4-3-5-10-7/h3-4H,2,10H2,1H3;3-5H,2,9H2,1H3. The van der Waals surface area contributed by atoms with Crippen LogP contribution in [0.3, 0.4) is 0 Å². The minimum atomic E-state index is -0.531. The van der Waals surface area contributed by atoms with Crippen molar-refractivity contribution < 1.29 is 19.1 Å². The van der Waals surface area contributed by atoms with E-state index in [1.165, 1.54) is 18.5 Å². The number of rotatable bonds is 4. The summed E-state index contributed by atoms with van der Waals surface area (Å²) in [7, 11) is 0. The van der Waals surface area contributed by atoms with Crippen LogP contribution in [0.4, 0.5) is 11.4 Å². The van der Waals surface area contributed by atoms with Crippen LogP contribution in [0.1, 0.15) is 34.8 Å². The fraction of sp³-hybridized carbons (Fsp3) is 0.250. The zero-order valence-electron chi connectivity index (χ0n) is 13.9. The summed E-state index contributed by atoms with van der Waals surface area (Å²) in [5.74, 6) is -1.01. The van der Waals surface area contributed by atoms with E-state index < -0.39 is 11.9 Å². The fourth-order valence-electron chi connectivity index (χ4n) is 1.61. The van der Waals surface area contributed by atoms with E-state index in [-0.39, 0.29) is 17.1 Å². The molecule has 0 unspecified atom stereocenters. The number of hydrogen-bond acceptors (Lipinski definition) is 8. The lowest BCUT2D eigenvalue weighted by Crippen LogP contribution is -2.10. The number of nitrogen functional groups attached to an aromatic ring is 2. The number of esters is 2. The number of nitrogens with zero attached hydrogens (tertiary/aromatic N) is 2. The number of anilines is 2. The van der Waals surface area contributed by atoms with E-state index in [1.807, 2.05) is 0 Å². The highest BCUT2D eigenvalue weighted by Gasteiger charge is 2.12. The second-order valence-corrected chi connectivity index (χ2v) is 4.91. The van der Waals surface area contributed by atoms with Crippen LogP contribution in [0, 0.1) is 0 Å². The molecule has 0 radical (unpaired) electrons. The largest absolute Gasteiger partial charge is 0.461 e. The van der Waals surface area contributed by atoms with Crippen LogP contribution in [-0.2, 0) is 9.47 Å². The van der Waals surface area contributed by atoms with Crippen molar-refractivity contribution in [1.82, 2.24) is 9.97 Å². The molecule has 0 aromatic carbocycles. The van der Waals surface area contributed by atoms with Gasteiger partial charge in [0.05, 0.1) is 29.6 Å². The molecule has 2 heterocycles. The Labute approximate surface area is 150 Å². The minimum Gasteiger partial charge on any atom is -0.461 e. The molecule has 0 atom stereocenters. The van der Waals surface area contributed by atoms with Gasteiger partial charge in [0, 0.05) is 12.4 Å². The van der Waals surface area contributed by atoms with Crippen molar-refractivity contribution in [1.29, 1.82) is 0 Å². The summed E-state index contributed by atoms with van der Waals surface area (Å²) >= 11 is 5.60. The summed E-state index contributed by atoms with van der Waals surface area (Å²) in [5.41, 5.74) is 11.8. The summed E-state index contributed by atoms with van der Waals surface area (Å²) in [6.45, 7) is 4.07. The fourth-order valence-corrected chi connectivity index (χ4v) is 1.78. The van der Waals surface area contributed by atoms with E-state index >= 15 is 0 Å². The Balaban J connectivity index is 0.000000251. The molecule has 0 spiro atoms. The average Bonchev–Trinajstić information content (AvgIpc) is 2.56. The molecule has 2 rings (SSSR count). The van der Waals surface area contributed by atoms with Crippen LogP contribution in [0.2, 0.25) is 5.02 Å². The molecule has 0 saturated heterocycles. The van der Waals surface area contributed by atoms with Crippen LogP contribution in [0.15, 0.2) is 30.6 Å². The third-order valence-electron chi connectivity index (χ3n) is 2.66. The number of carbonyl (C=O) groups is 2. The number of pyridine rings is 2. The van der Waals surface area contributed by atoms with Crippen molar-refractivity contribution in [3.05, 3.63) is 47.0 Å². The van der Waals surface area contributed by atoms with E-state index in [9.17, 15) is 9.59 Å². The van der Waals surface area contributed by atoms with Gasteiger partial charge in [-0.15, -0.1) is 0 Å². The van der Waals surface area contributed by atoms with Crippen molar-refractivity contribution in [2.75, 3.05) is 24.7 Å². The highest BCUT2D eigenvalue weighted by atomic mass is 35.5. The number of halogens is 1.